The van der Waals surface area contributed by atoms with Gasteiger partial charge < -0.3 is 8.83 Å². The lowest BCUT2D eigenvalue weighted by Crippen LogP contribution is -1.95. The van der Waals surface area contributed by atoms with E-state index in [4.69, 9.17) is 18.8 Å². The second kappa shape index (κ2) is 9.94. The molecule has 0 radical (unpaired) electrons. The molecule has 0 atom stereocenters. The molecule has 0 aliphatic carbocycles. The van der Waals surface area contributed by atoms with Gasteiger partial charge in [0.1, 0.15) is 12.5 Å². The fraction of sp³-hybridized carbons (Fsp3) is 0. The summed E-state index contributed by atoms with van der Waals surface area (Å²) in [4.78, 5) is 18.4. The fourth-order valence-corrected chi connectivity index (χ4v) is 5.67. The van der Waals surface area contributed by atoms with Crippen LogP contribution in [0.15, 0.2) is 143 Å². The summed E-state index contributed by atoms with van der Waals surface area (Å²) < 4.78 is 11.2. The van der Waals surface area contributed by atoms with Crippen molar-refractivity contribution in [1.82, 2.24) is 19.9 Å². The van der Waals surface area contributed by atoms with Crippen LogP contribution in [-0.4, -0.2) is 19.9 Å². The molecule has 0 bridgehead atoms. The van der Waals surface area contributed by atoms with Gasteiger partial charge in [0, 0.05) is 34.6 Å². The van der Waals surface area contributed by atoms with Crippen molar-refractivity contribution in [3.8, 4) is 56.6 Å². The van der Waals surface area contributed by atoms with E-state index >= 15 is 0 Å². The smallest absolute Gasteiger partial charge is 0.225 e. The molecule has 198 valence electrons. The molecule has 4 aromatic heterocycles. The lowest BCUT2D eigenvalue weighted by Gasteiger charge is -2.18. The zero-order chi connectivity index (χ0) is 27.9. The maximum Gasteiger partial charge on any atom is 0.225 e. The molecule has 4 aromatic carbocycles. The average molecular weight is 543 g/mol. The van der Waals surface area contributed by atoms with Crippen molar-refractivity contribution in [3.63, 3.8) is 0 Å². The topological polar surface area (TPSA) is 77.8 Å². The Bertz CT molecular complexity index is 2190. The van der Waals surface area contributed by atoms with Crippen LogP contribution in [0.5, 0.6) is 0 Å². The van der Waals surface area contributed by atoms with Crippen LogP contribution in [0.3, 0.4) is 0 Å². The maximum absolute atomic E-state index is 5.62. The van der Waals surface area contributed by atoms with Gasteiger partial charge in [0.25, 0.3) is 0 Å². The number of benzene rings is 4. The molecule has 0 aliphatic heterocycles. The molecule has 8 aromatic rings. The molecule has 0 N–H and O–H groups in total. The molecule has 0 amide bonds. The summed E-state index contributed by atoms with van der Waals surface area (Å²) in [5.74, 6) is 1.12. The largest absolute Gasteiger partial charge is 0.445 e. The van der Waals surface area contributed by atoms with Crippen molar-refractivity contribution >= 4 is 21.5 Å². The number of oxazole rings is 2. The van der Waals surface area contributed by atoms with Gasteiger partial charge in [-0.15, -0.1) is 0 Å². The Morgan fingerprint density at radius 3 is 1.50 bits per heavy atom. The van der Waals surface area contributed by atoms with Crippen molar-refractivity contribution in [2.75, 3.05) is 0 Å². The van der Waals surface area contributed by atoms with Crippen LogP contribution in [-0.2, 0) is 0 Å². The maximum atomic E-state index is 5.62. The van der Waals surface area contributed by atoms with Crippen LogP contribution in [0.2, 0.25) is 0 Å². The van der Waals surface area contributed by atoms with Crippen LogP contribution in [0.1, 0.15) is 0 Å². The minimum absolute atomic E-state index is 0.557. The second-order valence-corrected chi connectivity index (χ2v) is 9.96. The Balaban J connectivity index is 1.47. The summed E-state index contributed by atoms with van der Waals surface area (Å²) in [5.41, 5.74) is 7.76. The van der Waals surface area contributed by atoms with Crippen LogP contribution in [0.25, 0.3) is 78.1 Å². The molecule has 8 rings (SSSR count). The number of rotatable bonds is 5. The molecule has 0 spiro atoms. The number of aromatic nitrogens is 4. The van der Waals surface area contributed by atoms with E-state index in [2.05, 4.69) is 76.7 Å². The lowest BCUT2D eigenvalue weighted by atomic mass is 9.87. The van der Waals surface area contributed by atoms with Crippen LogP contribution >= 0.6 is 0 Å². The Morgan fingerprint density at radius 2 is 0.929 bits per heavy atom. The van der Waals surface area contributed by atoms with E-state index in [1.54, 1.807) is 24.9 Å². The molecule has 42 heavy (non-hydrogen) atoms. The normalized spacial score (nSPS) is 11.3. The fourth-order valence-electron chi connectivity index (χ4n) is 5.67. The molecule has 0 saturated heterocycles. The summed E-state index contributed by atoms with van der Waals surface area (Å²) in [7, 11) is 0. The minimum Gasteiger partial charge on any atom is -0.445 e. The van der Waals surface area contributed by atoms with Crippen molar-refractivity contribution in [2.45, 2.75) is 0 Å². The summed E-state index contributed by atoms with van der Waals surface area (Å²) in [6, 6.07) is 33.4. The number of hydrogen-bond donors (Lipinski definition) is 0. The highest BCUT2D eigenvalue weighted by atomic mass is 16.3. The first-order valence-electron chi connectivity index (χ1n) is 13.6. The molecule has 0 aliphatic rings. The molecule has 6 heteroatoms. The van der Waals surface area contributed by atoms with E-state index in [1.807, 2.05) is 42.7 Å². The van der Waals surface area contributed by atoms with Gasteiger partial charge in [-0.05, 0) is 63.0 Å². The lowest BCUT2D eigenvalue weighted by molar-refractivity contribution is 0.574. The van der Waals surface area contributed by atoms with Crippen molar-refractivity contribution in [1.29, 1.82) is 0 Å². The Kier molecular flexibility index (Phi) is 5.67. The molecule has 0 unspecified atom stereocenters. The predicted octanol–water partition coefficient (Wildman–Crippen LogP) is 9.09. The van der Waals surface area contributed by atoms with Crippen molar-refractivity contribution in [2.24, 2.45) is 0 Å². The van der Waals surface area contributed by atoms with E-state index in [-0.39, 0.29) is 0 Å². The van der Waals surface area contributed by atoms with E-state index in [0.717, 1.165) is 66.3 Å². The van der Waals surface area contributed by atoms with Gasteiger partial charge in [-0.2, -0.15) is 0 Å². The van der Waals surface area contributed by atoms with Gasteiger partial charge in [-0.25, -0.2) is 9.97 Å². The van der Waals surface area contributed by atoms with Crippen LogP contribution in [0, 0.1) is 0 Å². The number of pyridine rings is 2. The van der Waals surface area contributed by atoms with Crippen molar-refractivity contribution in [3.05, 3.63) is 134 Å². The van der Waals surface area contributed by atoms with E-state index < -0.39 is 0 Å². The molecule has 6 nitrogen and oxygen atoms in total. The highest BCUT2D eigenvalue weighted by Crippen LogP contribution is 2.44. The SMILES string of the molecule is c1ccc(-c2ccc3c(-c4cc(-c5ncco5)ccn4)c4ccccc4c(-c4cc(-c5ncco5)ccn4)c3c2)cc1. The summed E-state index contributed by atoms with van der Waals surface area (Å²) in [6.07, 6.45) is 10.1. The molecular formula is C36H22N4O2. The first-order chi connectivity index (χ1) is 20.8. The highest BCUT2D eigenvalue weighted by Gasteiger charge is 2.20. The van der Waals surface area contributed by atoms with Gasteiger partial charge in [-0.1, -0.05) is 66.7 Å². The first-order valence-corrected chi connectivity index (χ1v) is 13.6. The summed E-state index contributed by atoms with van der Waals surface area (Å²) >= 11 is 0. The standard InChI is InChI=1S/C36H22N4O2/c1-2-6-23(7-3-1)24-10-11-29-30(20-24)34(32-22-26(13-15-38-32)36-40-17-19-42-36)28-9-5-4-8-27(28)33(29)31-21-25(12-14-37-31)35-39-16-18-41-35/h1-22H. The summed E-state index contributed by atoms with van der Waals surface area (Å²) in [6.45, 7) is 0. The second-order valence-electron chi connectivity index (χ2n) is 9.96. The first kappa shape index (κ1) is 24.0. The van der Waals surface area contributed by atoms with Gasteiger partial charge in [-0.3, -0.25) is 9.97 Å². The minimum atomic E-state index is 0.557. The predicted molar refractivity (Wildman–Crippen MR) is 164 cm³/mol. The molecule has 0 saturated carbocycles. The van der Waals surface area contributed by atoms with Crippen molar-refractivity contribution < 1.29 is 8.83 Å². The highest BCUT2D eigenvalue weighted by molar-refractivity contribution is 6.21. The number of fused-ring (bicyclic) bond motifs is 2. The summed E-state index contributed by atoms with van der Waals surface area (Å²) in [5, 5.41) is 4.30. The zero-order valence-electron chi connectivity index (χ0n) is 22.3. The third-order valence-electron chi connectivity index (χ3n) is 7.52. The molecule has 4 heterocycles. The quantitative estimate of drug-likeness (QED) is 0.202. The molecular weight excluding hydrogens is 520 g/mol. The van der Waals surface area contributed by atoms with Gasteiger partial charge in [0.05, 0.1) is 23.8 Å². The van der Waals surface area contributed by atoms with E-state index in [0.29, 0.717) is 11.8 Å². The Morgan fingerprint density at radius 1 is 0.381 bits per heavy atom. The monoisotopic (exact) mass is 542 g/mol. The molecule has 0 fully saturated rings. The third-order valence-corrected chi connectivity index (χ3v) is 7.52. The van der Waals surface area contributed by atoms with Gasteiger partial charge in [0.2, 0.25) is 11.8 Å². The average Bonchev–Trinajstić information content (AvgIpc) is 3.80. The van der Waals surface area contributed by atoms with Crippen LogP contribution in [0.4, 0.5) is 0 Å². The Hall–Kier alpha value is -5.88. The third kappa shape index (κ3) is 4.05. The van der Waals surface area contributed by atoms with E-state index in [1.165, 1.54) is 0 Å². The zero-order valence-corrected chi connectivity index (χ0v) is 22.3. The Labute approximate surface area is 241 Å². The number of nitrogens with zero attached hydrogens (tertiary/aromatic N) is 4. The van der Waals surface area contributed by atoms with Crippen LogP contribution < -0.4 is 0 Å². The van der Waals surface area contributed by atoms with E-state index in [9.17, 15) is 0 Å². The number of hydrogen-bond acceptors (Lipinski definition) is 6. The van der Waals surface area contributed by atoms with Gasteiger partial charge in [0.15, 0.2) is 0 Å². The van der Waals surface area contributed by atoms with Gasteiger partial charge >= 0.3 is 0 Å².